The van der Waals surface area contributed by atoms with E-state index in [1.165, 1.54) is 32.1 Å². The number of rotatable bonds is 6. The summed E-state index contributed by atoms with van der Waals surface area (Å²) >= 11 is 0. The Morgan fingerprint density at radius 1 is 1.32 bits per heavy atom. The zero-order chi connectivity index (χ0) is 13.1. The summed E-state index contributed by atoms with van der Waals surface area (Å²) in [5.74, 6) is 1.61. The maximum absolute atomic E-state index is 12.5. The first-order valence-electron chi connectivity index (χ1n) is 7.88. The Morgan fingerprint density at radius 2 is 2.21 bits per heavy atom. The standard InChI is InChI=1S/C15H26N2O2/c18-14(17-7-8-19-10-12-4-5-12)15-6-2-1-3-13(15)9-16-11-15/h12-13,16H,1-11H2,(H,17,18)/t13-,15+/m0/s1. The maximum Gasteiger partial charge on any atom is 0.227 e. The van der Waals surface area contributed by atoms with Gasteiger partial charge in [0.1, 0.15) is 0 Å². The van der Waals surface area contributed by atoms with Gasteiger partial charge in [0.2, 0.25) is 5.91 Å². The molecule has 1 amide bonds. The third kappa shape index (κ3) is 2.95. The molecule has 2 N–H and O–H groups in total. The molecular weight excluding hydrogens is 240 g/mol. The second-order valence-corrected chi connectivity index (χ2v) is 6.50. The first-order valence-corrected chi connectivity index (χ1v) is 7.88. The van der Waals surface area contributed by atoms with Crippen LogP contribution >= 0.6 is 0 Å². The van der Waals surface area contributed by atoms with Crippen LogP contribution in [-0.2, 0) is 9.53 Å². The van der Waals surface area contributed by atoms with Crippen LogP contribution in [0, 0.1) is 17.3 Å². The summed E-state index contributed by atoms with van der Waals surface area (Å²) in [5.41, 5.74) is -0.116. The van der Waals surface area contributed by atoms with E-state index in [0.717, 1.165) is 32.0 Å². The van der Waals surface area contributed by atoms with Crippen LogP contribution in [0.5, 0.6) is 0 Å². The minimum atomic E-state index is -0.116. The van der Waals surface area contributed by atoms with Gasteiger partial charge in [0, 0.05) is 19.7 Å². The van der Waals surface area contributed by atoms with Gasteiger partial charge in [-0.1, -0.05) is 12.8 Å². The Morgan fingerprint density at radius 3 is 3.05 bits per heavy atom. The molecule has 0 aromatic carbocycles. The van der Waals surface area contributed by atoms with Crippen molar-refractivity contribution in [1.29, 1.82) is 0 Å². The number of ether oxygens (including phenoxy) is 1. The molecule has 3 aliphatic rings. The van der Waals surface area contributed by atoms with E-state index in [-0.39, 0.29) is 11.3 Å². The molecule has 1 heterocycles. The van der Waals surface area contributed by atoms with Crippen molar-refractivity contribution < 1.29 is 9.53 Å². The quantitative estimate of drug-likeness (QED) is 0.713. The van der Waals surface area contributed by atoms with Crippen molar-refractivity contribution >= 4 is 5.91 Å². The fourth-order valence-electron chi connectivity index (χ4n) is 3.64. The molecular formula is C15H26N2O2. The third-order valence-corrected chi connectivity index (χ3v) is 5.07. The van der Waals surface area contributed by atoms with Gasteiger partial charge in [0.15, 0.2) is 0 Å². The molecule has 3 fully saturated rings. The first-order chi connectivity index (χ1) is 9.31. The van der Waals surface area contributed by atoms with Crippen molar-refractivity contribution in [2.75, 3.05) is 32.8 Å². The lowest BCUT2D eigenvalue weighted by molar-refractivity contribution is -0.134. The lowest BCUT2D eigenvalue weighted by atomic mass is 9.67. The van der Waals surface area contributed by atoms with Crippen molar-refractivity contribution in [3.05, 3.63) is 0 Å². The topological polar surface area (TPSA) is 50.4 Å². The number of hydrogen-bond donors (Lipinski definition) is 2. The van der Waals surface area contributed by atoms with Gasteiger partial charge in [-0.25, -0.2) is 0 Å². The van der Waals surface area contributed by atoms with Crippen molar-refractivity contribution in [3.8, 4) is 0 Å². The highest BCUT2D eigenvalue weighted by molar-refractivity contribution is 5.83. The smallest absolute Gasteiger partial charge is 0.227 e. The molecule has 4 nitrogen and oxygen atoms in total. The Hall–Kier alpha value is -0.610. The second kappa shape index (κ2) is 5.80. The normalized spacial score (nSPS) is 34.0. The molecule has 4 heteroatoms. The van der Waals surface area contributed by atoms with Gasteiger partial charge < -0.3 is 15.4 Å². The molecule has 1 aliphatic heterocycles. The summed E-state index contributed by atoms with van der Waals surface area (Å²) in [6, 6.07) is 0. The van der Waals surface area contributed by atoms with Crippen LogP contribution < -0.4 is 10.6 Å². The lowest BCUT2D eigenvalue weighted by Gasteiger charge is -2.37. The van der Waals surface area contributed by atoms with Gasteiger partial charge in [-0.3, -0.25) is 4.79 Å². The Balaban J connectivity index is 1.42. The van der Waals surface area contributed by atoms with Crippen LogP contribution in [0.15, 0.2) is 0 Å². The Bertz CT molecular complexity index is 330. The molecule has 1 saturated heterocycles. The largest absolute Gasteiger partial charge is 0.379 e. The van der Waals surface area contributed by atoms with Crippen molar-refractivity contribution in [3.63, 3.8) is 0 Å². The van der Waals surface area contributed by atoms with E-state index < -0.39 is 0 Å². The fourth-order valence-corrected chi connectivity index (χ4v) is 3.64. The van der Waals surface area contributed by atoms with Gasteiger partial charge in [-0.2, -0.15) is 0 Å². The minimum absolute atomic E-state index is 0.116. The molecule has 2 atom stereocenters. The van der Waals surface area contributed by atoms with Gasteiger partial charge in [-0.05, 0) is 44.1 Å². The minimum Gasteiger partial charge on any atom is -0.379 e. The molecule has 0 aromatic rings. The van der Waals surface area contributed by atoms with Crippen LogP contribution in [0.4, 0.5) is 0 Å². The maximum atomic E-state index is 12.5. The highest BCUT2D eigenvalue weighted by Gasteiger charge is 2.49. The summed E-state index contributed by atoms with van der Waals surface area (Å²) in [7, 11) is 0. The molecule has 0 unspecified atom stereocenters. The number of hydrogen-bond acceptors (Lipinski definition) is 3. The third-order valence-electron chi connectivity index (χ3n) is 5.07. The van der Waals surface area contributed by atoms with Gasteiger partial charge in [-0.15, -0.1) is 0 Å². The summed E-state index contributed by atoms with van der Waals surface area (Å²) in [5, 5.41) is 6.52. The second-order valence-electron chi connectivity index (χ2n) is 6.50. The van der Waals surface area contributed by atoms with E-state index in [0.29, 0.717) is 19.1 Å². The highest BCUT2D eigenvalue weighted by atomic mass is 16.5. The Labute approximate surface area is 115 Å². The number of carbonyl (C=O) groups is 1. The fraction of sp³-hybridized carbons (Fsp3) is 0.933. The molecule has 0 bridgehead atoms. The summed E-state index contributed by atoms with van der Waals surface area (Å²) in [6.45, 7) is 4.10. The summed E-state index contributed by atoms with van der Waals surface area (Å²) < 4.78 is 5.57. The van der Waals surface area contributed by atoms with E-state index in [9.17, 15) is 4.79 Å². The van der Waals surface area contributed by atoms with Crippen LogP contribution in [0.3, 0.4) is 0 Å². The molecule has 3 rings (SSSR count). The molecule has 108 valence electrons. The van der Waals surface area contributed by atoms with E-state index in [4.69, 9.17) is 4.74 Å². The zero-order valence-corrected chi connectivity index (χ0v) is 11.7. The van der Waals surface area contributed by atoms with Crippen LogP contribution in [-0.4, -0.2) is 38.8 Å². The molecule has 2 saturated carbocycles. The monoisotopic (exact) mass is 266 g/mol. The van der Waals surface area contributed by atoms with Crippen molar-refractivity contribution in [2.24, 2.45) is 17.3 Å². The first kappa shape index (κ1) is 13.4. The molecule has 0 aromatic heterocycles. The van der Waals surface area contributed by atoms with Crippen molar-refractivity contribution in [1.82, 2.24) is 10.6 Å². The number of carbonyl (C=O) groups excluding carboxylic acids is 1. The number of fused-ring (bicyclic) bond motifs is 1. The average Bonchev–Trinajstić information content (AvgIpc) is 3.14. The number of amides is 1. The van der Waals surface area contributed by atoms with Gasteiger partial charge >= 0.3 is 0 Å². The van der Waals surface area contributed by atoms with Crippen LogP contribution in [0.2, 0.25) is 0 Å². The lowest BCUT2D eigenvalue weighted by Crippen LogP contribution is -2.48. The van der Waals surface area contributed by atoms with E-state index >= 15 is 0 Å². The van der Waals surface area contributed by atoms with E-state index in [2.05, 4.69) is 10.6 Å². The van der Waals surface area contributed by atoms with Gasteiger partial charge in [0.25, 0.3) is 0 Å². The van der Waals surface area contributed by atoms with Crippen LogP contribution in [0.1, 0.15) is 38.5 Å². The predicted molar refractivity (Wildman–Crippen MR) is 73.8 cm³/mol. The van der Waals surface area contributed by atoms with Crippen LogP contribution in [0.25, 0.3) is 0 Å². The van der Waals surface area contributed by atoms with Crippen molar-refractivity contribution in [2.45, 2.75) is 38.5 Å². The molecule has 0 spiro atoms. The molecule has 0 radical (unpaired) electrons. The zero-order valence-electron chi connectivity index (χ0n) is 11.7. The van der Waals surface area contributed by atoms with E-state index in [1.54, 1.807) is 0 Å². The number of nitrogens with one attached hydrogen (secondary N) is 2. The average molecular weight is 266 g/mol. The Kier molecular flexibility index (Phi) is 4.08. The highest BCUT2D eigenvalue weighted by Crippen LogP contribution is 2.43. The predicted octanol–water partition coefficient (Wildman–Crippen LogP) is 1.31. The van der Waals surface area contributed by atoms with Gasteiger partial charge in [0.05, 0.1) is 12.0 Å². The van der Waals surface area contributed by atoms with E-state index in [1.807, 2.05) is 0 Å². The summed E-state index contributed by atoms with van der Waals surface area (Å²) in [4.78, 5) is 12.5. The molecule has 2 aliphatic carbocycles. The SMILES string of the molecule is O=C(NCCOCC1CC1)[C@@]12CCCC[C@H]1CNC2. The summed E-state index contributed by atoms with van der Waals surface area (Å²) in [6.07, 6.45) is 7.39. The molecule has 19 heavy (non-hydrogen) atoms.